The molecule has 2 heterocycles. The number of rotatable bonds is 7. The molecule has 0 radical (unpaired) electrons. The number of hydrazine groups is 1. The Labute approximate surface area is 125 Å². The maximum atomic E-state index is 5.78. The summed E-state index contributed by atoms with van der Waals surface area (Å²) >= 11 is 0. The van der Waals surface area contributed by atoms with Crippen LogP contribution in [0.1, 0.15) is 43.8 Å². The molecule has 3 N–H and O–H groups in total. The third-order valence-corrected chi connectivity index (χ3v) is 3.36. The van der Waals surface area contributed by atoms with Crippen LogP contribution in [-0.2, 0) is 13.0 Å². The third-order valence-electron chi connectivity index (χ3n) is 3.36. The first-order chi connectivity index (χ1) is 10.2. The number of ether oxygens (including phenoxy) is 1. The lowest BCUT2D eigenvalue weighted by Crippen LogP contribution is -2.30. The maximum Gasteiger partial charge on any atom is 0.137 e. The molecule has 2 aromatic heterocycles. The van der Waals surface area contributed by atoms with Gasteiger partial charge in [-0.25, -0.2) is 5.43 Å². The van der Waals surface area contributed by atoms with Crippen LogP contribution in [0.4, 0.5) is 0 Å². The molecule has 0 bridgehead atoms. The van der Waals surface area contributed by atoms with Crippen molar-refractivity contribution in [1.82, 2.24) is 20.2 Å². The number of pyridine rings is 1. The van der Waals surface area contributed by atoms with Crippen LogP contribution in [0.5, 0.6) is 5.75 Å². The molecule has 0 amide bonds. The minimum absolute atomic E-state index is 0.161. The van der Waals surface area contributed by atoms with E-state index in [1.807, 2.05) is 17.7 Å². The Kier molecular flexibility index (Phi) is 5.30. The highest BCUT2D eigenvalue weighted by Gasteiger charge is 2.19. The minimum Gasteiger partial charge on any atom is -0.492 e. The van der Waals surface area contributed by atoms with Crippen LogP contribution in [0, 0.1) is 0 Å². The Bertz CT molecular complexity index is 581. The molecule has 0 fully saturated rings. The third kappa shape index (κ3) is 3.40. The number of aryl methyl sites for hydroxylation is 2. The molecule has 0 aliphatic carbocycles. The summed E-state index contributed by atoms with van der Waals surface area (Å²) in [5.74, 6) is 6.52. The Balaban J connectivity index is 2.39. The summed E-state index contributed by atoms with van der Waals surface area (Å²) < 4.78 is 7.48. The number of nitrogens with zero attached hydrogens (tertiary/aromatic N) is 3. The highest BCUT2D eigenvalue weighted by atomic mass is 16.5. The van der Waals surface area contributed by atoms with Crippen LogP contribution < -0.4 is 16.0 Å². The fourth-order valence-electron chi connectivity index (χ4n) is 2.34. The molecule has 114 valence electrons. The largest absolute Gasteiger partial charge is 0.492 e. The van der Waals surface area contributed by atoms with Crippen molar-refractivity contribution >= 4 is 0 Å². The van der Waals surface area contributed by atoms with E-state index < -0.39 is 0 Å². The molecule has 1 unspecified atom stereocenters. The quantitative estimate of drug-likeness (QED) is 0.600. The molecule has 2 rings (SSSR count). The Morgan fingerprint density at radius 2 is 2.10 bits per heavy atom. The lowest BCUT2D eigenvalue weighted by atomic mass is 10.1. The van der Waals surface area contributed by atoms with Gasteiger partial charge in [0, 0.05) is 12.7 Å². The molecule has 0 aliphatic heterocycles. The fourth-order valence-corrected chi connectivity index (χ4v) is 2.34. The van der Waals surface area contributed by atoms with Crippen molar-refractivity contribution in [2.75, 3.05) is 6.61 Å². The average Bonchev–Trinajstić information content (AvgIpc) is 2.92. The molecule has 0 spiro atoms. The van der Waals surface area contributed by atoms with Gasteiger partial charge in [-0.2, -0.15) is 5.10 Å². The van der Waals surface area contributed by atoms with Crippen molar-refractivity contribution in [1.29, 1.82) is 0 Å². The normalized spacial score (nSPS) is 12.4. The number of aromatic nitrogens is 3. The van der Waals surface area contributed by atoms with Gasteiger partial charge in [0.2, 0.25) is 0 Å². The van der Waals surface area contributed by atoms with Crippen molar-refractivity contribution < 1.29 is 4.74 Å². The summed E-state index contributed by atoms with van der Waals surface area (Å²) in [7, 11) is 0. The molecule has 1 atom stereocenters. The van der Waals surface area contributed by atoms with Crippen molar-refractivity contribution in [3.05, 3.63) is 41.5 Å². The monoisotopic (exact) mass is 289 g/mol. The van der Waals surface area contributed by atoms with Gasteiger partial charge in [-0.1, -0.05) is 6.92 Å². The van der Waals surface area contributed by atoms with Gasteiger partial charge in [0.05, 0.1) is 30.2 Å². The molecular formula is C15H23N5O. The fraction of sp³-hybridized carbons (Fsp3) is 0.467. The smallest absolute Gasteiger partial charge is 0.137 e. The zero-order valence-electron chi connectivity index (χ0n) is 12.8. The SMILES string of the molecule is CCOc1cncc(C(NN)c2cc(CC)nn2CC)c1. The minimum atomic E-state index is -0.161. The summed E-state index contributed by atoms with van der Waals surface area (Å²) in [6, 6.07) is 3.88. The molecule has 0 aliphatic rings. The van der Waals surface area contributed by atoms with E-state index in [0.717, 1.165) is 35.7 Å². The van der Waals surface area contributed by atoms with Gasteiger partial charge in [-0.3, -0.25) is 15.5 Å². The van der Waals surface area contributed by atoms with Gasteiger partial charge in [-0.05, 0) is 38.0 Å². The van der Waals surface area contributed by atoms with E-state index in [4.69, 9.17) is 10.6 Å². The topological polar surface area (TPSA) is 78.0 Å². The van der Waals surface area contributed by atoms with Crippen LogP contribution in [-0.4, -0.2) is 21.4 Å². The molecule has 6 heteroatoms. The van der Waals surface area contributed by atoms with E-state index in [1.54, 1.807) is 12.4 Å². The molecule has 21 heavy (non-hydrogen) atoms. The predicted molar refractivity (Wildman–Crippen MR) is 81.9 cm³/mol. The van der Waals surface area contributed by atoms with Gasteiger partial charge in [0.1, 0.15) is 5.75 Å². The summed E-state index contributed by atoms with van der Waals surface area (Å²) in [5, 5.41) is 4.57. The summed E-state index contributed by atoms with van der Waals surface area (Å²) in [6.07, 6.45) is 4.40. The van der Waals surface area contributed by atoms with Crippen LogP contribution in [0.3, 0.4) is 0 Å². The second kappa shape index (κ2) is 7.19. The number of nitrogens with one attached hydrogen (secondary N) is 1. The van der Waals surface area contributed by atoms with Crippen LogP contribution in [0.25, 0.3) is 0 Å². The second-order valence-electron chi connectivity index (χ2n) is 4.72. The first-order valence-corrected chi connectivity index (χ1v) is 7.33. The van der Waals surface area contributed by atoms with Gasteiger partial charge >= 0.3 is 0 Å². The molecular weight excluding hydrogens is 266 g/mol. The first-order valence-electron chi connectivity index (χ1n) is 7.33. The van der Waals surface area contributed by atoms with Crippen LogP contribution in [0.15, 0.2) is 24.5 Å². The lowest BCUT2D eigenvalue weighted by Gasteiger charge is -2.18. The Morgan fingerprint density at radius 1 is 1.29 bits per heavy atom. The van der Waals surface area contributed by atoms with E-state index >= 15 is 0 Å². The number of hydrogen-bond acceptors (Lipinski definition) is 5. The van der Waals surface area contributed by atoms with E-state index in [0.29, 0.717) is 6.61 Å². The highest BCUT2D eigenvalue weighted by Crippen LogP contribution is 2.24. The van der Waals surface area contributed by atoms with Gasteiger partial charge in [0.25, 0.3) is 0 Å². The summed E-state index contributed by atoms with van der Waals surface area (Å²) in [6.45, 7) is 7.52. The summed E-state index contributed by atoms with van der Waals surface area (Å²) in [4.78, 5) is 4.23. The molecule has 0 aromatic carbocycles. The lowest BCUT2D eigenvalue weighted by molar-refractivity contribution is 0.338. The maximum absolute atomic E-state index is 5.78. The van der Waals surface area contributed by atoms with Gasteiger partial charge < -0.3 is 4.74 Å². The molecule has 6 nitrogen and oxygen atoms in total. The number of hydrogen-bond donors (Lipinski definition) is 2. The van der Waals surface area contributed by atoms with Crippen molar-refractivity contribution in [2.45, 2.75) is 39.8 Å². The van der Waals surface area contributed by atoms with Crippen LogP contribution in [0.2, 0.25) is 0 Å². The average molecular weight is 289 g/mol. The van der Waals surface area contributed by atoms with Crippen molar-refractivity contribution in [3.63, 3.8) is 0 Å². The van der Waals surface area contributed by atoms with Crippen molar-refractivity contribution in [2.24, 2.45) is 5.84 Å². The zero-order valence-corrected chi connectivity index (χ0v) is 12.8. The van der Waals surface area contributed by atoms with Crippen LogP contribution >= 0.6 is 0 Å². The zero-order chi connectivity index (χ0) is 15.2. The molecule has 2 aromatic rings. The van der Waals surface area contributed by atoms with Crippen molar-refractivity contribution in [3.8, 4) is 5.75 Å². The molecule has 0 saturated carbocycles. The van der Waals surface area contributed by atoms with E-state index in [9.17, 15) is 0 Å². The second-order valence-corrected chi connectivity index (χ2v) is 4.72. The van der Waals surface area contributed by atoms with E-state index in [2.05, 4.69) is 35.4 Å². The Morgan fingerprint density at radius 3 is 2.71 bits per heavy atom. The summed E-state index contributed by atoms with van der Waals surface area (Å²) in [5.41, 5.74) is 5.91. The van der Waals surface area contributed by atoms with E-state index in [-0.39, 0.29) is 6.04 Å². The van der Waals surface area contributed by atoms with Gasteiger partial charge in [0.15, 0.2) is 0 Å². The standard InChI is InChI=1S/C15H23N5O/c1-4-12-8-14(20(5-2)19-12)15(18-16)11-7-13(21-6-3)10-17-9-11/h7-10,15,18H,4-6,16H2,1-3H3. The first kappa shape index (κ1) is 15.5. The highest BCUT2D eigenvalue weighted by molar-refractivity contribution is 5.32. The van der Waals surface area contributed by atoms with Gasteiger partial charge in [-0.15, -0.1) is 0 Å². The molecule has 0 saturated heterocycles. The predicted octanol–water partition coefficient (Wildman–Crippen LogP) is 1.81. The Hall–Kier alpha value is -1.92. The number of nitrogens with two attached hydrogens (primary N) is 1. The van der Waals surface area contributed by atoms with E-state index in [1.165, 1.54) is 0 Å².